The van der Waals surface area contributed by atoms with Crippen LogP contribution in [0.3, 0.4) is 0 Å². The van der Waals surface area contributed by atoms with Crippen molar-refractivity contribution in [2.75, 3.05) is 7.11 Å². The van der Waals surface area contributed by atoms with Crippen LogP contribution in [0.1, 0.15) is 28.0 Å². The molecule has 0 N–H and O–H groups in total. The molecule has 0 amide bonds. The number of nitrogens with zero attached hydrogens (tertiary/aromatic N) is 1. The van der Waals surface area contributed by atoms with Gasteiger partial charge in [-0.05, 0) is 12.5 Å². The van der Waals surface area contributed by atoms with Gasteiger partial charge < -0.3 is 4.74 Å². The van der Waals surface area contributed by atoms with E-state index in [0.717, 1.165) is 7.11 Å². The highest BCUT2D eigenvalue weighted by atomic mass is 35.5. The first-order chi connectivity index (χ1) is 6.99. The Morgan fingerprint density at radius 2 is 2.20 bits per heavy atom. The molecule has 3 nitrogen and oxygen atoms in total. The van der Waals surface area contributed by atoms with Crippen molar-refractivity contribution in [3.8, 4) is 0 Å². The standard InChI is InChI=1S/C9H8ClF2NO2/c1-4-3-13-7(8(11)12)6(10)5(4)9(14)15-2/h3,8H,1-2H3. The number of esters is 1. The van der Waals surface area contributed by atoms with Gasteiger partial charge in [0.15, 0.2) is 0 Å². The third-order valence-corrected chi connectivity index (χ3v) is 2.21. The highest BCUT2D eigenvalue weighted by Crippen LogP contribution is 2.29. The largest absolute Gasteiger partial charge is 0.465 e. The number of methoxy groups -OCH3 is 1. The van der Waals surface area contributed by atoms with Gasteiger partial charge in [0.05, 0.1) is 17.7 Å². The zero-order valence-electron chi connectivity index (χ0n) is 8.05. The highest BCUT2D eigenvalue weighted by Gasteiger charge is 2.22. The van der Waals surface area contributed by atoms with E-state index in [0.29, 0.717) is 5.56 Å². The number of carbonyl (C=O) groups is 1. The molecule has 1 rings (SSSR count). The lowest BCUT2D eigenvalue weighted by Crippen LogP contribution is -2.08. The topological polar surface area (TPSA) is 39.2 Å². The van der Waals surface area contributed by atoms with Crippen LogP contribution in [-0.2, 0) is 4.74 Å². The quantitative estimate of drug-likeness (QED) is 0.740. The van der Waals surface area contributed by atoms with Crippen LogP contribution in [0, 0.1) is 6.92 Å². The number of aromatic nitrogens is 1. The third kappa shape index (κ3) is 2.23. The zero-order valence-corrected chi connectivity index (χ0v) is 8.81. The molecule has 0 spiro atoms. The maximum Gasteiger partial charge on any atom is 0.339 e. The first-order valence-electron chi connectivity index (χ1n) is 4.00. The first kappa shape index (κ1) is 11.8. The summed E-state index contributed by atoms with van der Waals surface area (Å²) >= 11 is 5.64. The van der Waals surface area contributed by atoms with Gasteiger partial charge in [-0.3, -0.25) is 4.98 Å². The lowest BCUT2D eigenvalue weighted by molar-refractivity contribution is 0.0599. The molecule has 1 aromatic rings. The molecule has 0 atom stereocenters. The van der Waals surface area contributed by atoms with Crippen molar-refractivity contribution in [1.29, 1.82) is 0 Å². The Labute approximate surface area is 90.0 Å². The third-order valence-electron chi connectivity index (χ3n) is 1.83. The van der Waals surface area contributed by atoms with Crippen LogP contribution < -0.4 is 0 Å². The number of aryl methyl sites for hydroxylation is 1. The summed E-state index contributed by atoms with van der Waals surface area (Å²) in [6.07, 6.45) is -1.65. The van der Waals surface area contributed by atoms with Gasteiger partial charge in [0.1, 0.15) is 5.69 Å². The SMILES string of the molecule is COC(=O)c1c(C)cnc(C(F)F)c1Cl. The molecule has 0 aliphatic carbocycles. The lowest BCUT2D eigenvalue weighted by atomic mass is 10.1. The van der Waals surface area contributed by atoms with Gasteiger partial charge >= 0.3 is 5.97 Å². The normalized spacial score (nSPS) is 10.5. The number of rotatable bonds is 2. The van der Waals surface area contributed by atoms with E-state index in [1.165, 1.54) is 6.20 Å². The Bertz CT molecular complexity index is 396. The second-order valence-corrected chi connectivity index (χ2v) is 3.19. The van der Waals surface area contributed by atoms with Crippen molar-refractivity contribution in [3.05, 3.63) is 28.0 Å². The Hall–Kier alpha value is -1.23. The van der Waals surface area contributed by atoms with Gasteiger partial charge in [-0.1, -0.05) is 11.6 Å². The van der Waals surface area contributed by atoms with E-state index >= 15 is 0 Å². The monoisotopic (exact) mass is 235 g/mol. The molecule has 1 heterocycles. The van der Waals surface area contributed by atoms with Crippen molar-refractivity contribution in [2.24, 2.45) is 0 Å². The average Bonchev–Trinajstić information content (AvgIpc) is 2.16. The number of pyridine rings is 1. The number of hydrogen-bond donors (Lipinski definition) is 0. The molecular formula is C9H8ClF2NO2. The Morgan fingerprint density at radius 1 is 1.60 bits per heavy atom. The van der Waals surface area contributed by atoms with E-state index in [-0.39, 0.29) is 10.6 Å². The highest BCUT2D eigenvalue weighted by molar-refractivity contribution is 6.34. The fraction of sp³-hybridized carbons (Fsp3) is 0.333. The summed E-state index contributed by atoms with van der Waals surface area (Å²) in [4.78, 5) is 14.7. The second-order valence-electron chi connectivity index (χ2n) is 2.81. The summed E-state index contributed by atoms with van der Waals surface area (Å²) in [7, 11) is 1.15. The predicted octanol–water partition coefficient (Wildman–Crippen LogP) is 2.77. The molecule has 15 heavy (non-hydrogen) atoms. The van der Waals surface area contributed by atoms with Crippen LogP contribution in [0.25, 0.3) is 0 Å². The summed E-state index contributed by atoms with van der Waals surface area (Å²) < 4.78 is 29.3. The summed E-state index contributed by atoms with van der Waals surface area (Å²) in [5.74, 6) is -0.748. The van der Waals surface area contributed by atoms with Crippen LogP contribution in [0.2, 0.25) is 5.02 Å². The molecule has 0 fully saturated rings. The van der Waals surface area contributed by atoms with Crippen LogP contribution in [-0.4, -0.2) is 18.1 Å². The van der Waals surface area contributed by atoms with E-state index in [2.05, 4.69) is 9.72 Å². The molecule has 0 saturated heterocycles. The number of alkyl halides is 2. The maximum atomic E-state index is 12.4. The molecule has 0 aromatic carbocycles. The molecule has 0 saturated carbocycles. The molecule has 0 bridgehead atoms. The van der Waals surface area contributed by atoms with Crippen molar-refractivity contribution >= 4 is 17.6 Å². The number of halogens is 3. The smallest absolute Gasteiger partial charge is 0.339 e. The molecule has 6 heteroatoms. The lowest BCUT2D eigenvalue weighted by Gasteiger charge is -2.09. The van der Waals surface area contributed by atoms with Gasteiger partial charge in [0.25, 0.3) is 6.43 Å². The fourth-order valence-electron chi connectivity index (χ4n) is 1.09. The molecular weight excluding hydrogens is 228 g/mol. The van der Waals surface area contributed by atoms with Gasteiger partial charge in [-0.25, -0.2) is 13.6 Å². The Kier molecular flexibility index (Phi) is 3.57. The van der Waals surface area contributed by atoms with Crippen LogP contribution in [0.15, 0.2) is 6.20 Å². The molecule has 0 radical (unpaired) electrons. The van der Waals surface area contributed by atoms with Crippen molar-refractivity contribution < 1.29 is 18.3 Å². The average molecular weight is 236 g/mol. The molecule has 82 valence electrons. The van der Waals surface area contributed by atoms with Crippen LogP contribution >= 0.6 is 11.6 Å². The van der Waals surface area contributed by atoms with E-state index in [1.54, 1.807) is 6.92 Å². The van der Waals surface area contributed by atoms with Crippen LogP contribution in [0.4, 0.5) is 8.78 Å². The van der Waals surface area contributed by atoms with Crippen molar-refractivity contribution in [3.63, 3.8) is 0 Å². The van der Waals surface area contributed by atoms with E-state index in [9.17, 15) is 13.6 Å². The van der Waals surface area contributed by atoms with Gasteiger partial charge in [0, 0.05) is 6.20 Å². The number of hydrogen-bond acceptors (Lipinski definition) is 3. The minimum Gasteiger partial charge on any atom is -0.465 e. The number of ether oxygens (including phenoxy) is 1. The molecule has 0 aliphatic heterocycles. The van der Waals surface area contributed by atoms with E-state index in [1.807, 2.05) is 0 Å². The fourth-order valence-corrected chi connectivity index (χ4v) is 1.45. The molecule has 1 aromatic heterocycles. The van der Waals surface area contributed by atoms with Crippen molar-refractivity contribution in [1.82, 2.24) is 4.98 Å². The Morgan fingerprint density at radius 3 is 2.67 bits per heavy atom. The summed E-state index contributed by atoms with van der Waals surface area (Å²) in [6, 6.07) is 0. The van der Waals surface area contributed by atoms with Crippen LogP contribution in [0.5, 0.6) is 0 Å². The predicted molar refractivity (Wildman–Crippen MR) is 50.3 cm³/mol. The van der Waals surface area contributed by atoms with Gasteiger partial charge in [-0.15, -0.1) is 0 Å². The van der Waals surface area contributed by atoms with Gasteiger partial charge in [-0.2, -0.15) is 0 Å². The molecule has 0 aliphatic rings. The second kappa shape index (κ2) is 4.53. The molecule has 0 unspecified atom stereocenters. The minimum atomic E-state index is -2.82. The van der Waals surface area contributed by atoms with E-state index in [4.69, 9.17) is 11.6 Å². The Balaban J connectivity index is 3.36. The first-order valence-corrected chi connectivity index (χ1v) is 4.38. The summed E-state index contributed by atoms with van der Waals surface area (Å²) in [6.45, 7) is 1.54. The zero-order chi connectivity index (χ0) is 11.6. The number of carbonyl (C=O) groups excluding carboxylic acids is 1. The minimum absolute atomic E-state index is 0.0653. The summed E-state index contributed by atoms with van der Waals surface area (Å²) in [5.41, 5.74) is -0.275. The van der Waals surface area contributed by atoms with Gasteiger partial charge in [0.2, 0.25) is 0 Å². The maximum absolute atomic E-state index is 12.4. The van der Waals surface area contributed by atoms with E-state index < -0.39 is 18.1 Å². The van der Waals surface area contributed by atoms with Crippen molar-refractivity contribution in [2.45, 2.75) is 13.3 Å². The summed E-state index contributed by atoms with van der Waals surface area (Å²) in [5, 5.41) is -0.350.